The Morgan fingerprint density at radius 1 is 1.24 bits per heavy atom. The van der Waals surface area contributed by atoms with Crippen molar-refractivity contribution in [2.45, 2.75) is 20.3 Å². The first-order chi connectivity index (χ1) is 10.1. The highest BCUT2D eigenvalue weighted by atomic mass is 35.5. The summed E-state index contributed by atoms with van der Waals surface area (Å²) in [6.07, 6.45) is 2.88. The number of anilines is 1. The number of aromatic nitrogens is 2. The maximum atomic E-state index is 6.07. The number of halogens is 2. The lowest BCUT2D eigenvalue weighted by Crippen LogP contribution is -2.10. The summed E-state index contributed by atoms with van der Waals surface area (Å²) in [5.74, 6) is 0.780. The number of ether oxygens (including phenoxy) is 1. The van der Waals surface area contributed by atoms with Gasteiger partial charge in [0.1, 0.15) is 0 Å². The fraction of sp³-hybridized carbons (Fsp3) is 0.400. The SMILES string of the molecule is CCOCCCNc1nc(C)cn1-c1cc(Cl)cc(Cl)c1. The third-order valence-corrected chi connectivity index (χ3v) is 3.34. The standard InChI is InChI=1S/C15H19Cl2N3O/c1-3-21-6-4-5-18-15-19-11(2)10-20(15)14-8-12(16)7-13(17)9-14/h7-10H,3-6H2,1-2H3,(H,18,19). The van der Waals surface area contributed by atoms with Gasteiger partial charge in [-0.25, -0.2) is 4.98 Å². The van der Waals surface area contributed by atoms with Crippen molar-refractivity contribution in [2.24, 2.45) is 0 Å². The zero-order chi connectivity index (χ0) is 15.2. The molecule has 0 bridgehead atoms. The summed E-state index contributed by atoms with van der Waals surface area (Å²) >= 11 is 12.1. The van der Waals surface area contributed by atoms with Crippen LogP contribution in [0.3, 0.4) is 0 Å². The molecule has 0 spiro atoms. The smallest absolute Gasteiger partial charge is 0.207 e. The van der Waals surface area contributed by atoms with Crippen molar-refractivity contribution in [3.05, 3.63) is 40.1 Å². The molecule has 1 heterocycles. The molecule has 4 nitrogen and oxygen atoms in total. The van der Waals surface area contributed by atoms with Gasteiger partial charge in [0.15, 0.2) is 0 Å². The first kappa shape index (κ1) is 16.1. The second kappa shape index (κ2) is 7.69. The molecule has 0 atom stereocenters. The van der Waals surface area contributed by atoms with Gasteiger partial charge in [-0.3, -0.25) is 4.57 Å². The van der Waals surface area contributed by atoms with Crippen LogP contribution in [-0.2, 0) is 4.74 Å². The topological polar surface area (TPSA) is 39.1 Å². The van der Waals surface area contributed by atoms with Crippen molar-refractivity contribution in [2.75, 3.05) is 25.1 Å². The Bertz CT molecular complexity index is 578. The number of hydrogen-bond acceptors (Lipinski definition) is 3. The molecule has 0 saturated heterocycles. The minimum absolute atomic E-state index is 0.603. The van der Waals surface area contributed by atoms with Crippen LogP contribution >= 0.6 is 23.2 Å². The molecule has 0 radical (unpaired) electrons. The van der Waals surface area contributed by atoms with Crippen molar-refractivity contribution < 1.29 is 4.74 Å². The monoisotopic (exact) mass is 327 g/mol. The molecule has 21 heavy (non-hydrogen) atoms. The Balaban J connectivity index is 2.12. The number of aryl methyl sites for hydroxylation is 1. The van der Waals surface area contributed by atoms with Gasteiger partial charge in [0, 0.05) is 36.0 Å². The van der Waals surface area contributed by atoms with Gasteiger partial charge in [0.05, 0.1) is 11.4 Å². The maximum Gasteiger partial charge on any atom is 0.207 e. The molecule has 0 aliphatic rings. The summed E-state index contributed by atoms with van der Waals surface area (Å²) in [5, 5.41) is 4.52. The van der Waals surface area contributed by atoms with Gasteiger partial charge in [-0.05, 0) is 38.5 Å². The third kappa shape index (κ3) is 4.63. The van der Waals surface area contributed by atoms with Gasteiger partial charge in [-0.1, -0.05) is 23.2 Å². The fourth-order valence-electron chi connectivity index (χ4n) is 2.02. The number of nitrogens with one attached hydrogen (secondary N) is 1. The third-order valence-electron chi connectivity index (χ3n) is 2.90. The average Bonchev–Trinajstić information content (AvgIpc) is 2.78. The van der Waals surface area contributed by atoms with Gasteiger partial charge in [-0.15, -0.1) is 0 Å². The lowest BCUT2D eigenvalue weighted by molar-refractivity contribution is 0.147. The maximum absolute atomic E-state index is 6.07. The van der Waals surface area contributed by atoms with E-state index >= 15 is 0 Å². The van der Waals surface area contributed by atoms with E-state index in [-0.39, 0.29) is 0 Å². The van der Waals surface area contributed by atoms with E-state index in [2.05, 4.69) is 10.3 Å². The van der Waals surface area contributed by atoms with Crippen molar-refractivity contribution in [1.82, 2.24) is 9.55 Å². The normalized spacial score (nSPS) is 10.9. The van der Waals surface area contributed by atoms with Crippen LogP contribution in [0.1, 0.15) is 19.0 Å². The van der Waals surface area contributed by atoms with E-state index in [0.29, 0.717) is 10.0 Å². The van der Waals surface area contributed by atoms with Crippen molar-refractivity contribution in [1.29, 1.82) is 0 Å². The molecular formula is C15H19Cl2N3O. The predicted molar refractivity (Wildman–Crippen MR) is 87.9 cm³/mol. The van der Waals surface area contributed by atoms with Crippen LogP contribution in [0.25, 0.3) is 5.69 Å². The van der Waals surface area contributed by atoms with Crippen LogP contribution in [-0.4, -0.2) is 29.3 Å². The minimum Gasteiger partial charge on any atom is -0.382 e. The highest BCUT2D eigenvalue weighted by molar-refractivity contribution is 6.34. The van der Waals surface area contributed by atoms with Crippen LogP contribution in [0.4, 0.5) is 5.95 Å². The molecule has 2 aromatic rings. The molecule has 1 aromatic carbocycles. The van der Waals surface area contributed by atoms with E-state index in [1.165, 1.54) is 0 Å². The van der Waals surface area contributed by atoms with E-state index in [1.807, 2.05) is 36.7 Å². The number of imidazole rings is 1. The zero-order valence-corrected chi connectivity index (χ0v) is 13.7. The average molecular weight is 328 g/mol. The quantitative estimate of drug-likeness (QED) is 0.769. The Kier molecular flexibility index (Phi) is 5.91. The molecule has 1 N–H and O–H groups in total. The summed E-state index contributed by atoms with van der Waals surface area (Å²) in [6.45, 7) is 6.23. The van der Waals surface area contributed by atoms with E-state index in [1.54, 1.807) is 6.07 Å². The number of nitrogens with zero attached hydrogens (tertiary/aromatic N) is 2. The van der Waals surface area contributed by atoms with Crippen molar-refractivity contribution in [3.8, 4) is 5.69 Å². The lowest BCUT2D eigenvalue weighted by atomic mass is 10.3. The van der Waals surface area contributed by atoms with Gasteiger partial charge < -0.3 is 10.1 Å². The molecule has 1 aromatic heterocycles. The lowest BCUT2D eigenvalue weighted by Gasteiger charge is -2.10. The van der Waals surface area contributed by atoms with Crippen LogP contribution in [0.5, 0.6) is 0 Å². The van der Waals surface area contributed by atoms with Crippen LogP contribution in [0, 0.1) is 6.92 Å². The molecule has 2 rings (SSSR count). The Labute approximate surface area is 135 Å². The Morgan fingerprint density at radius 2 is 1.95 bits per heavy atom. The van der Waals surface area contributed by atoms with E-state index in [4.69, 9.17) is 27.9 Å². The van der Waals surface area contributed by atoms with E-state index in [9.17, 15) is 0 Å². The Hall–Kier alpha value is -1.23. The summed E-state index contributed by atoms with van der Waals surface area (Å²) in [6, 6.07) is 5.44. The molecule has 0 amide bonds. The second-order valence-electron chi connectivity index (χ2n) is 4.68. The van der Waals surface area contributed by atoms with Gasteiger partial charge in [-0.2, -0.15) is 0 Å². The number of benzene rings is 1. The zero-order valence-electron chi connectivity index (χ0n) is 12.2. The fourth-order valence-corrected chi connectivity index (χ4v) is 2.53. The molecule has 114 valence electrons. The summed E-state index contributed by atoms with van der Waals surface area (Å²) in [4.78, 5) is 4.49. The van der Waals surface area contributed by atoms with Gasteiger partial charge in [0.25, 0.3) is 0 Å². The van der Waals surface area contributed by atoms with Crippen molar-refractivity contribution in [3.63, 3.8) is 0 Å². The summed E-state index contributed by atoms with van der Waals surface area (Å²) in [7, 11) is 0. The molecular weight excluding hydrogens is 309 g/mol. The first-order valence-electron chi connectivity index (χ1n) is 6.94. The highest BCUT2D eigenvalue weighted by Crippen LogP contribution is 2.24. The van der Waals surface area contributed by atoms with E-state index in [0.717, 1.165) is 43.5 Å². The minimum atomic E-state index is 0.603. The first-order valence-corrected chi connectivity index (χ1v) is 7.70. The molecule has 6 heteroatoms. The Morgan fingerprint density at radius 3 is 2.62 bits per heavy atom. The van der Waals surface area contributed by atoms with Crippen LogP contribution < -0.4 is 5.32 Å². The highest BCUT2D eigenvalue weighted by Gasteiger charge is 2.08. The summed E-state index contributed by atoms with van der Waals surface area (Å²) in [5.41, 5.74) is 1.82. The van der Waals surface area contributed by atoms with Gasteiger partial charge in [0.2, 0.25) is 5.95 Å². The van der Waals surface area contributed by atoms with Crippen LogP contribution in [0.15, 0.2) is 24.4 Å². The second-order valence-corrected chi connectivity index (χ2v) is 5.55. The largest absolute Gasteiger partial charge is 0.382 e. The molecule has 0 unspecified atom stereocenters. The molecule has 0 aliphatic carbocycles. The summed E-state index contributed by atoms with van der Waals surface area (Å²) < 4.78 is 7.27. The van der Waals surface area contributed by atoms with Crippen molar-refractivity contribution >= 4 is 29.2 Å². The van der Waals surface area contributed by atoms with Crippen LogP contribution in [0.2, 0.25) is 10.0 Å². The van der Waals surface area contributed by atoms with Gasteiger partial charge >= 0.3 is 0 Å². The molecule has 0 saturated carbocycles. The predicted octanol–water partition coefficient (Wildman–Crippen LogP) is 4.33. The molecule has 0 aliphatic heterocycles. The van der Waals surface area contributed by atoms with E-state index < -0.39 is 0 Å². The molecule has 0 fully saturated rings. The number of rotatable bonds is 7. The number of hydrogen-bond donors (Lipinski definition) is 1.